The summed E-state index contributed by atoms with van der Waals surface area (Å²) in [6.07, 6.45) is 2.23. The van der Waals surface area contributed by atoms with E-state index in [1.807, 2.05) is 51.1 Å². The Labute approximate surface area is 137 Å². The molecule has 0 aliphatic heterocycles. The summed E-state index contributed by atoms with van der Waals surface area (Å²) in [5.41, 5.74) is 0.817. The van der Waals surface area contributed by atoms with E-state index in [2.05, 4.69) is 22.1 Å². The molecule has 1 N–H and O–H groups in total. The predicted molar refractivity (Wildman–Crippen MR) is 92.1 cm³/mol. The highest BCUT2D eigenvalue weighted by atomic mass is 16.5. The van der Waals surface area contributed by atoms with Gasteiger partial charge in [0.2, 0.25) is 5.91 Å². The van der Waals surface area contributed by atoms with Crippen molar-refractivity contribution < 1.29 is 9.53 Å². The van der Waals surface area contributed by atoms with Crippen LogP contribution >= 0.6 is 0 Å². The third-order valence-electron chi connectivity index (χ3n) is 3.09. The fourth-order valence-corrected chi connectivity index (χ4v) is 2.11. The number of carbonyl (C=O) groups excluding carboxylic acids is 1. The standard InChI is InChI=1S/C19H22N2O2/c1-19(2,3)14-17(22)20-11-4-5-13-23-16-10-6-8-15-9-7-12-21-18(15)16/h6-10,12H,11,13-14H2,1-3H3,(H,20,22). The smallest absolute Gasteiger partial charge is 0.221 e. The molecule has 0 saturated carbocycles. The number of amides is 1. The Kier molecular flexibility index (Phi) is 5.59. The van der Waals surface area contributed by atoms with E-state index in [1.54, 1.807) is 6.20 Å². The van der Waals surface area contributed by atoms with E-state index in [-0.39, 0.29) is 17.9 Å². The molecule has 1 aromatic carbocycles. The summed E-state index contributed by atoms with van der Waals surface area (Å²) in [7, 11) is 0. The van der Waals surface area contributed by atoms with Crippen molar-refractivity contribution in [3.05, 3.63) is 36.5 Å². The first kappa shape index (κ1) is 16.8. The number of rotatable bonds is 4. The number of carbonyl (C=O) groups is 1. The lowest BCUT2D eigenvalue weighted by Crippen LogP contribution is -2.27. The third-order valence-corrected chi connectivity index (χ3v) is 3.09. The van der Waals surface area contributed by atoms with Crippen LogP contribution in [0.25, 0.3) is 10.9 Å². The van der Waals surface area contributed by atoms with Gasteiger partial charge in [0.25, 0.3) is 0 Å². The zero-order chi connectivity index (χ0) is 16.7. The first-order valence-electron chi connectivity index (χ1n) is 7.65. The fourth-order valence-electron chi connectivity index (χ4n) is 2.11. The molecule has 2 aromatic rings. The first-order valence-corrected chi connectivity index (χ1v) is 7.65. The molecule has 0 saturated heterocycles. The highest BCUT2D eigenvalue weighted by Gasteiger charge is 2.14. The molecule has 120 valence electrons. The van der Waals surface area contributed by atoms with Crippen molar-refractivity contribution in [1.82, 2.24) is 10.3 Å². The molecule has 0 aliphatic rings. The molecule has 4 nitrogen and oxygen atoms in total. The monoisotopic (exact) mass is 310 g/mol. The lowest BCUT2D eigenvalue weighted by molar-refractivity contribution is -0.122. The number of ether oxygens (including phenoxy) is 1. The van der Waals surface area contributed by atoms with Gasteiger partial charge in [0.15, 0.2) is 0 Å². The molecule has 1 heterocycles. The maximum absolute atomic E-state index is 11.6. The summed E-state index contributed by atoms with van der Waals surface area (Å²) in [5, 5.41) is 3.82. The van der Waals surface area contributed by atoms with Crippen LogP contribution in [-0.4, -0.2) is 24.0 Å². The van der Waals surface area contributed by atoms with Gasteiger partial charge in [-0.2, -0.15) is 0 Å². The molecule has 0 atom stereocenters. The van der Waals surface area contributed by atoms with Crippen molar-refractivity contribution in [2.45, 2.75) is 27.2 Å². The van der Waals surface area contributed by atoms with Crippen molar-refractivity contribution in [2.24, 2.45) is 5.41 Å². The molecule has 0 fully saturated rings. The molecule has 0 aliphatic carbocycles. The van der Waals surface area contributed by atoms with Gasteiger partial charge in [-0.05, 0) is 17.5 Å². The Morgan fingerprint density at radius 2 is 2.00 bits per heavy atom. The molecule has 0 bridgehead atoms. The Morgan fingerprint density at radius 3 is 2.78 bits per heavy atom. The predicted octanol–water partition coefficient (Wildman–Crippen LogP) is 3.17. The number of nitrogens with one attached hydrogen (secondary N) is 1. The number of pyridine rings is 1. The van der Waals surface area contributed by atoms with Crippen molar-refractivity contribution >= 4 is 16.8 Å². The second kappa shape index (κ2) is 7.64. The normalized spacial score (nSPS) is 10.7. The van der Waals surface area contributed by atoms with Crippen molar-refractivity contribution in [2.75, 3.05) is 13.2 Å². The molecule has 1 amide bonds. The minimum absolute atomic E-state index is 0.0119. The zero-order valence-electron chi connectivity index (χ0n) is 13.8. The van der Waals surface area contributed by atoms with Crippen molar-refractivity contribution in [1.29, 1.82) is 0 Å². The Hall–Kier alpha value is -2.54. The second-order valence-corrected chi connectivity index (χ2v) is 6.49. The van der Waals surface area contributed by atoms with Gasteiger partial charge in [-0.3, -0.25) is 9.78 Å². The van der Waals surface area contributed by atoms with Gasteiger partial charge >= 0.3 is 0 Å². The van der Waals surface area contributed by atoms with Gasteiger partial charge < -0.3 is 10.1 Å². The largest absolute Gasteiger partial charge is 0.479 e. The number of nitrogens with zero attached hydrogens (tertiary/aromatic N) is 1. The molecule has 4 heteroatoms. The quantitative estimate of drug-likeness (QED) is 0.883. The molecule has 2 rings (SSSR count). The van der Waals surface area contributed by atoms with Crippen LogP contribution in [0.4, 0.5) is 0 Å². The molecule has 0 radical (unpaired) electrons. The molecule has 1 aromatic heterocycles. The van der Waals surface area contributed by atoms with Crippen LogP contribution in [0.1, 0.15) is 27.2 Å². The van der Waals surface area contributed by atoms with E-state index >= 15 is 0 Å². The topological polar surface area (TPSA) is 51.2 Å². The SMILES string of the molecule is CC(C)(C)CC(=O)NCC#CCOc1cccc2cccnc12. The van der Waals surface area contributed by atoms with E-state index in [0.717, 1.165) is 10.9 Å². The van der Waals surface area contributed by atoms with Gasteiger partial charge in [0.1, 0.15) is 17.9 Å². The van der Waals surface area contributed by atoms with Crippen molar-refractivity contribution in [3.8, 4) is 17.6 Å². The summed E-state index contributed by atoms with van der Waals surface area (Å²) in [5.74, 6) is 6.53. The van der Waals surface area contributed by atoms with Gasteiger partial charge in [-0.1, -0.05) is 50.8 Å². The van der Waals surface area contributed by atoms with Crippen LogP contribution in [0.5, 0.6) is 5.75 Å². The van der Waals surface area contributed by atoms with E-state index in [9.17, 15) is 4.79 Å². The zero-order valence-corrected chi connectivity index (χ0v) is 13.8. The number of para-hydroxylation sites is 1. The number of hydrogen-bond acceptors (Lipinski definition) is 3. The van der Waals surface area contributed by atoms with Gasteiger partial charge in [0, 0.05) is 18.0 Å². The van der Waals surface area contributed by atoms with Crippen LogP contribution in [0.15, 0.2) is 36.5 Å². The maximum atomic E-state index is 11.6. The van der Waals surface area contributed by atoms with E-state index in [4.69, 9.17) is 4.74 Å². The third kappa shape index (κ3) is 5.63. The highest BCUT2D eigenvalue weighted by molar-refractivity contribution is 5.84. The van der Waals surface area contributed by atoms with Crippen LogP contribution in [0, 0.1) is 17.3 Å². The Morgan fingerprint density at radius 1 is 1.22 bits per heavy atom. The lowest BCUT2D eigenvalue weighted by atomic mass is 9.92. The minimum atomic E-state index is -0.0119. The lowest BCUT2D eigenvalue weighted by Gasteiger charge is -2.16. The van der Waals surface area contributed by atoms with Crippen LogP contribution in [-0.2, 0) is 4.79 Å². The highest BCUT2D eigenvalue weighted by Crippen LogP contribution is 2.22. The molecule has 0 spiro atoms. The molecule has 0 unspecified atom stereocenters. The first-order chi connectivity index (χ1) is 11.0. The maximum Gasteiger partial charge on any atom is 0.221 e. The summed E-state index contributed by atoms with van der Waals surface area (Å²) in [4.78, 5) is 16.0. The van der Waals surface area contributed by atoms with E-state index in [1.165, 1.54) is 0 Å². The van der Waals surface area contributed by atoms with Crippen LogP contribution in [0.3, 0.4) is 0 Å². The molecular weight excluding hydrogens is 288 g/mol. The number of aromatic nitrogens is 1. The Balaban J connectivity index is 1.80. The van der Waals surface area contributed by atoms with E-state index in [0.29, 0.717) is 18.7 Å². The van der Waals surface area contributed by atoms with Crippen LogP contribution < -0.4 is 10.1 Å². The number of hydrogen-bond donors (Lipinski definition) is 1. The second-order valence-electron chi connectivity index (χ2n) is 6.49. The molecular formula is C19H22N2O2. The van der Waals surface area contributed by atoms with Gasteiger partial charge in [-0.25, -0.2) is 0 Å². The molecule has 23 heavy (non-hydrogen) atoms. The van der Waals surface area contributed by atoms with Gasteiger partial charge in [0.05, 0.1) is 6.54 Å². The van der Waals surface area contributed by atoms with Gasteiger partial charge in [-0.15, -0.1) is 0 Å². The minimum Gasteiger partial charge on any atom is -0.479 e. The summed E-state index contributed by atoms with van der Waals surface area (Å²) >= 11 is 0. The Bertz CT molecular complexity index is 731. The number of benzene rings is 1. The summed E-state index contributed by atoms with van der Waals surface area (Å²) < 4.78 is 5.66. The van der Waals surface area contributed by atoms with E-state index < -0.39 is 0 Å². The summed E-state index contributed by atoms with van der Waals surface area (Å²) in [6.45, 7) is 6.70. The van der Waals surface area contributed by atoms with Crippen molar-refractivity contribution in [3.63, 3.8) is 0 Å². The average molecular weight is 310 g/mol. The number of fused-ring (bicyclic) bond motifs is 1. The fraction of sp³-hybridized carbons (Fsp3) is 0.368. The van der Waals surface area contributed by atoms with Crippen LogP contribution in [0.2, 0.25) is 0 Å². The average Bonchev–Trinajstić information content (AvgIpc) is 2.49. The summed E-state index contributed by atoms with van der Waals surface area (Å²) in [6, 6.07) is 9.69.